The van der Waals surface area contributed by atoms with Crippen LogP contribution in [-0.4, -0.2) is 17.5 Å². The van der Waals surface area contributed by atoms with E-state index in [1.54, 1.807) is 12.1 Å². The van der Waals surface area contributed by atoms with Crippen molar-refractivity contribution in [1.29, 1.82) is 0 Å². The van der Waals surface area contributed by atoms with E-state index in [0.717, 1.165) is 11.1 Å². The second kappa shape index (κ2) is 7.34. The van der Waals surface area contributed by atoms with Gasteiger partial charge in [0.2, 0.25) is 0 Å². The highest BCUT2D eigenvalue weighted by Crippen LogP contribution is 2.28. The molecule has 25 heavy (non-hydrogen) atoms. The molecule has 0 aliphatic rings. The number of nitro groups is 1. The molecule has 0 fully saturated rings. The van der Waals surface area contributed by atoms with Gasteiger partial charge in [0.15, 0.2) is 12.4 Å². The Kier molecular flexibility index (Phi) is 5.41. The van der Waals surface area contributed by atoms with Gasteiger partial charge in [-0.2, -0.15) is 0 Å². The fourth-order valence-electron chi connectivity index (χ4n) is 2.25. The number of hydrogen-bond donors (Lipinski definition) is 0. The molecule has 2 rings (SSSR count). The van der Waals surface area contributed by atoms with E-state index < -0.39 is 17.5 Å². The molecule has 0 spiro atoms. The topological polar surface area (TPSA) is 78.7 Å². The summed E-state index contributed by atoms with van der Waals surface area (Å²) in [6.07, 6.45) is 0. The van der Waals surface area contributed by atoms with Crippen LogP contribution in [0.15, 0.2) is 42.5 Å². The number of ether oxygens (including phenoxy) is 2. The summed E-state index contributed by atoms with van der Waals surface area (Å²) in [5.74, 6) is -0.141. The van der Waals surface area contributed by atoms with Crippen LogP contribution in [0, 0.1) is 17.0 Å². The highest BCUT2D eigenvalue weighted by Gasteiger charge is 2.18. The normalized spacial score (nSPS) is 11.0. The molecule has 0 amide bonds. The lowest BCUT2D eigenvalue weighted by molar-refractivity contribution is -0.385. The maximum absolute atomic E-state index is 12.0. The number of rotatable bonds is 5. The Morgan fingerprint density at radius 3 is 2.40 bits per heavy atom. The average Bonchev–Trinajstić information content (AvgIpc) is 2.54. The molecule has 132 valence electrons. The van der Waals surface area contributed by atoms with Crippen molar-refractivity contribution in [3.8, 4) is 11.5 Å². The summed E-state index contributed by atoms with van der Waals surface area (Å²) in [4.78, 5) is 22.3. The van der Waals surface area contributed by atoms with Gasteiger partial charge in [-0.05, 0) is 35.6 Å². The van der Waals surface area contributed by atoms with Gasteiger partial charge in [0.05, 0.1) is 4.92 Å². The third-order valence-corrected chi connectivity index (χ3v) is 3.67. The van der Waals surface area contributed by atoms with Crippen LogP contribution in [0.25, 0.3) is 0 Å². The average molecular weight is 343 g/mol. The van der Waals surface area contributed by atoms with Crippen molar-refractivity contribution in [3.05, 3.63) is 63.7 Å². The van der Waals surface area contributed by atoms with Gasteiger partial charge in [-0.1, -0.05) is 45.0 Å². The third kappa shape index (κ3) is 4.79. The van der Waals surface area contributed by atoms with Crippen LogP contribution in [0.1, 0.15) is 31.9 Å². The number of nitrogens with zero attached hydrogens (tertiary/aromatic N) is 1. The summed E-state index contributed by atoms with van der Waals surface area (Å²) in [5.41, 5.74) is 1.79. The molecule has 6 heteroatoms. The molecule has 2 aromatic rings. The summed E-state index contributed by atoms with van der Waals surface area (Å²) < 4.78 is 10.5. The Labute approximate surface area is 146 Å². The predicted molar refractivity (Wildman–Crippen MR) is 94.1 cm³/mol. The highest BCUT2D eigenvalue weighted by molar-refractivity contribution is 5.74. The Hall–Kier alpha value is -2.89. The first-order chi connectivity index (χ1) is 11.7. The molecule has 0 unspecified atom stereocenters. The molecule has 0 saturated carbocycles. The van der Waals surface area contributed by atoms with E-state index in [2.05, 4.69) is 20.8 Å². The Bertz CT molecular complexity index is 793. The minimum absolute atomic E-state index is 0.00263. The van der Waals surface area contributed by atoms with Crippen LogP contribution in [0.2, 0.25) is 0 Å². The van der Waals surface area contributed by atoms with Crippen molar-refractivity contribution in [1.82, 2.24) is 0 Å². The minimum Gasteiger partial charge on any atom is -0.475 e. The van der Waals surface area contributed by atoms with Crippen molar-refractivity contribution in [3.63, 3.8) is 0 Å². The van der Waals surface area contributed by atoms with E-state index >= 15 is 0 Å². The molecule has 0 aliphatic carbocycles. The highest BCUT2D eigenvalue weighted by atomic mass is 16.6. The molecule has 0 radical (unpaired) electrons. The largest absolute Gasteiger partial charge is 0.475 e. The van der Waals surface area contributed by atoms with Crippen molar-refractivity contribution in [2.75, 3.05) is 6.61 Å². The first-order valence-corrected chi connectivity index (χ1v) is 7.86. The predicted octanol–water partition coefficient (Wildman–Crippen LogP) is 4.19. The van der Waals surface area contributed by atoms with Gasteiger partial charge in [0, 0.05) is 6.07 Å². The molecule has 2 aromatic carbocycles. The number of hydrogen-bond acceptors (Lipinski definition) is 5. The molecule has 0 N–H and O–H groups in total. The van der Waals surface area contributed by atoms with Gasteiger partial charge in [-0.25, -0.2) is 4.79 Å². The molecule has 0 heterocycles. The molecule has 6 nitrogen and oxygen atoms in total. The summed E-state index contributed by atoms with van der Waals surface area (Å²) in [6, 6.07) is 11.5. The SMILES string of the molecule is Cc1cc(C(C)(C)C)ccc1OC(=O)COc1ccccc1[N+](=O)[O-]. The van der Waals surface area contributed by atoms with Crippen LogP contribution >= 0.6 is 0 Å². The molecule has 0 saturated heterocycles. The maximum Gasteiger partial charge on any atom is 0.349 e. The lowest BCUT2D eigenvalue weighted by Gasteiger charge is -2.20. The number of nitro benzene ring substituents is 1. The second-order valence-electron chi connectivity index (χ2n) is 6.72. The van der Waals surface area contributed by atoms with Gasteiger partial charge in [0.25, 0.3) is 0 Å². The molecule has 0 bridgehead atoms. The zero-order valence-electron chi connectivity index (χ0n) is 14.7. The zero-order chi connectivity index (χ0) is 18.6. The van der Waals surface area contributed by atoms with Gasteiger partial charge in [-0.3, -0.25) is 10.1 Å². The third-order valence-electron chi connectivity index (χ3n) is 3.67. The van der Waals surface area contributed by atoms with Gasteiger partial charge >= 0.3 is 11.7 Å². The number of carbonyl (C=O) groups excluding carboxylic acids is 1. The number of esters is 1. The van der Waals surface area contributed by atoms with Crippen LogP contribution in [0.4, 0.5) is 5.69 Å². The monoisotopic (exact) mass is 343 g/mol. The number of aryl methyl sites for hydroxylation is 1. The molecule has 0 atom stereocenters. The van der Waals surface area contributed by atoms with E-state index in [-0.39, 0.29) is 16.9 Å². The van der Waals surface area contributed by atoms with Crippen molar-refractivity contribution >= 4 is 11.7 Å². The first kappa shape index (κ1) is 18.4. The van der Waals surface area contributed by atoms with Crippen LogP contribution in [-0.2, 0) is 10.2 Å². The van der Waals surface area contributed by atoms with Crippen LogP contribution in [0.5, 0.6) is 11.5 Å². The van der Waals surface area contributed by atoms with Crippen molar-refractivity contribution < 1.29 is 19.2 Å². The molecular formula is C19H21NO5. The van der Waals surface area contributed by atoms with Gasteiger partial charge < -0.3 is 9.47 Å². The van der Waals surface area contributed by atoms with E-state index in [0.29, 0.717) is 5.75 Å². The van der Waals surface area contributed by atoms with E-state index in [9.17, 15) is 14.9 Å². The summed E-state index contributed by atoms with van der Waals surface area (Å²) in [7, 11) is 0. The number of para-hydroxylation sites is 2. The van der Waals surface area contributed by atoms with Crippen molar-refractivity contribution in [2.24, 2.45) is 0 Å². The summed E-state index contributed by atoms with van der Waals surface area (Å²) >= 11 is 0. The molecule has 0 aliphatic heterocycles. The van der Waals surface area contributed by atoms with Crippen molar-refractivity contribution in [2.45, 2.75) is 33.1 Å². The number of benzene rings is 2. The standard InChI is InChI=1S/C19H21NO5/c1-13-11-14(19(2,3)4)9-10-16(13)25-18(21)12-24-17-8-6-5-7-15(17)20(22)23/h5-11H,12H2,1-4H3. The van der Waals surface area contributed by atoms with E-state index in [1.807, 2.05) is 19.1 Å². The van der Waals surface area contributed by atoms with Crippen LogP contribution < -0.4 is 9.47 Å². The first-order valence-electron chi connectivity index (χ1n) is 7.86. The fourth-order valence-corrected chi connectivity index (χ4v) is 2.25. The molecule has 0 aromatic heterocycles. The number of carbonyl (C=O) groups is 1. The van der Waals surface area contributed by atoms with E-state index in [1.165, 1.54) is 18.2 Å². The minimum atomic E-state index is -0.621. The lowest BCUT2D eigenvalue weighted by atomic mass is 9.86. The summed E-state index contributed by atoms with van der Waals surface area (Å²) in [6.45, 7) is 7.77. The van der Waals surface area contributed by atoms with Crippen LogP contribution in [0.3, 0.4) is 0 Å². The zero-order valence-corrected chi connectivity index (χ0v) is 14.7. The smallest absolute Gasteiger partial charge is 0.349 e. The Balaban J connectivity index is 2.03. The molecular weight excluding hydrogens is 322 g/mol. The quantitative estimate of drug-likeness (QED) is 0.352. The van der Waals surface area contributed by atoms with Gasteiger partial charge in [0.1, 0.15) is 5.75 Å². The summed E-state index contributed by atoms with van der Waals surface area (Å²) in [5, 5.41) is 10.9. The Morgan fingerprint density at radius 1 is 1.12 bits per heavy atom. The van der Waals surface area contributed by atoms with Gasteiger partial charge in [-0.15, -0.1) is 0 Å². The fraction of sp³-hybridized carbons (Fsp3) is 0.316. The maximum atomic E-state index is 12.0. The van der Waals surface area contributed by atoms with E-state index in [4.69, 9.17) is 9.47 Å². The lowest BCUT2D eigenvalue weighted by Crippen LogP contribution is -2.19. The second-order valence-corrected chi connectivity index (χ2v) is 6.72. The Morgan fingerprint density at radius 2 is 1.80 bits per heavy atom.